The Morgan fingerprint density at radius 3 is 2.84 bits per heavy atom. The molecule has 1 aromatic heterocycles. The third-order valence-electron chi connectivity index (χ3n) is 7.47. The fourth-order valence-electron chi connectivity index (χ4n) is 5.72. The van der Waals surface area contributed by atoms with Crippen molar-refractivity contribution in [2.24, 2.45) is 22.5 Å². The summed E-state index contributed by atoms with van der Waals surface area (Å²) < 4.78 is 2.53. The van der Waals surface area contributed by atoms with Crippen molar-refractivity contribution in [3.05, 3.63) is 125 Å². The van der Waals surface area contributed by atoms with Gasteiger partial charge in [0, 0.05) is 52.1 Å². The molecule has 5 nitrogen and oxygen atoms in total. The summed E-state index contributed by atoms with van der Waals surface area (Å²) in [5, 5.41) is 4.70. The molecule has 1 heterocycles. The van der Waals surface area contributed by atoms with Crippen molar-refractivity contribution in [1.29, 1.82) is 0 Å². The quantitative estimate of drug-likeness (QED) is 0.221. The van der Waals surface area contributed by atoms with E-state index in [1.807, 2.05) is 19.1 Å². The Kier molecular flexibility index (Phi) is 7.64. The second-order valence-electron chi connectivity index (χ2n) is 10.1. The molecule has 194 valence electrons. The number of hydrogen-bond acceptors (Lipinski definition) is 4. The number of rotatable bonds is 8. The summed E-state index contributed by atoms with van der Waals surface area (Å²) in [6.07, 6.45) is 27.0. The highest BCUT2D eigenvalue weighted by Gasteiger charge is 2.30. The van der Waals surface area contributed by atoms with Gasteiger partial charge in [-0.1, -0.05) is 55.2 Å². The molecule has 5 N–H and O–H groups in total. The van der Waals surface area contributed by atoms with Crippen LogP contribution < -0.4 is 16.9 Å². The van der Waals surface area contributed by atoms with Gasteiger partial charge in [-0.25, -0.2) is 0 Å². The van der Waals surface area contributed by atoms with Gasteiger partial charge in [0.15, 0.2) is 0 Å². The second-order valence-corrected chi connectivity index (χ2v) is 10.1. The summed E-state index contributed by atoms with van der Waals surface area (Å²) >= 11 is 0. The van der Waals surface area contributed by atoms with Crippen LogP contribution >= 0.6 is 0 Å². The molecule has 38 heavy (non-hydrogen) atoms. The van der Waals surface area contributed by atoms with E-state index in [2.05, 4.69) is 71.2 Å². The summed E-state index contributed by atoms with van der Waals surface area (Å²) in [6, 6.07) is 8.72. The van der Waals surface area contributed by atoms with E-state index in [0.29, 0.717) is 18.0 Å². The molecule has 0 amide bonds. The van der Waals surface area contributed by atoms with Crippen LogP contribution in [0.2, 0.25) is 0 Å². The Balaban J connectivity index is 1.59. The standard InChI is InChI=1S/C33H37N5/c1-3-9-24(22-34)18-31(37-36-17-16-23(2)35)27-12-8-13-28(19-27)38-32-15-7-6-14-29(32)30-20-25-10-4-5-11-26(25)21-33(30)38/h3-4,6,8-10,12-14,16-17,19-20,22,26,36H,2,5,7,11,15,18,21,34-35H2,1H3/b9-3-,17-16-,24-22+,37-31+. The number of nitrogens with two attached hydrogens (primary N) is 2. The van der Waals surface area contributed by atoms with Gasteiger partial charge in [0.05, 0.1) is 5.71 Å². The lowest BCUT2D eigenvalue weighted by Crippen LogP contribution is -2.17. The molecule has 3 aliphatic rings. The molecule has 0 fully saturated rings. The lowest BCUT2D eigenvalue weighted by atomic mass is 9.80. The van der Waals surface area contributed by atoms with Crippen LogP contribution in [0.15, 0.2) is 102 Å². The molecule has 0 radical (unpaired) electrons. The smallest absolute Gasteiger partial charge is 0.0724 e. The number of nitrogens with zero attached hydrogens (tertiary/aromatic N) is 2. The molecule has 0 aliphatic heterocycles. The molecule has 0 bridgehead atoms. The molecule has 1 atom stereocenters. The first-order chi connectivity index (χ1) is 18.6. The average Bonchev–Trinajstić information content (AvgIpc) is 3.26. The normalized spacial score (nSPS) is 18.9. The molecule has 2 aromatic rings. The van der Waals surface area contributed by atoms with Gasteiger partial charge in [0.25, 0.3) is 0 Å². The van der Waals surface area contributed by atoms with Crippen LogP contribution in [0.4, 0.5) is 0 Å². The van der Waals surface area contributed by atoms with Crippen molar-refractivity contribution in [1.82, 2.24) is 9.99 Å². The van der Waals surface area contributed by atoms with Crippen LogP contribution in [0, 0.1) is 5.92 Å². The molecular formula is C33H37N5. The lowest BCUT2D eigenvalue weighted by molar-refractivity contribution is 0.544. The number of benzene rings is 1. The van der Waals surface area contributed by atoms with Crippen LogP contribution in [0.25, 0.3) is 17.8 Å². The third-order valence-corrected chi connectivity index (χ3v) is 7.47. The SMILES string of the molecule is C=C(N)/C=C\N/N=C(\CC(/C=C\C)=C/N)c1cccc(-n2c3c(c4c2CC2CCC=CC2=C4)C=CCC3)c1. The largest absolute Gasteiger partial charge is 0.404 e. The summed E-state index contributed by atoms with van der Waals surface area (Å²) in [7, 11) is 0. The fraction of sp³-hybridized carbons (Fsp3) is 0.242. The molecule has 5 heteroatoms. The molecule has 3 aliphatic carbocycles. The topological polar surface area (TPSA) is 81.4 Å². The Morgan fingerprint density at radius 2 is 2.03 bits per heavy atom. The molecule has 5 rings (SSSR count). The average molecular weight is 504 g/mol. The lowest BCUT2D eigenvalue weighted by Gasteiger charge is -2.27. The third kappa shape index (κ3) is 5.23. The summed E-state index contributed by atoms with van der Waals surface area (Å²) in [6.45, 7) is 5.69. The van der Waals surface area contributed by atoms with Crippen LogP contribution in [0.3, 0.4) is 0 Å². The molecule has 1 unspecified atom stereocenters. The van der Waals surface area contributed by atoms with Gasteiger partial charge >= 0.3 is 0 Å². The van der Waals surface area contributed by atoms with Gasteiger partial charge in [0.1, 0.15) is 0 Å². The molecular weight excluding hydrogens is 466 g/mol. The van der Waals surface area contributed by atoms with Gasteiger partial charge in [-0.15, -0.1) is 0 Å². The van der Waals surface area contributed by atoms with E-state index in [1.54, 1.807) is 18.5 Å². The summed E-state index contributed by atoms with van der Waals surface area (Å²) in [5.74, 6) is 0.596. The van der Waals surface area contributed by atoms with E-state index in [0.717, 1.165) is 42.5 Å². The van der Waals surface area contributed by atoms with E-state index in [1.165, 1.54) is 40.2 Å². The van der Waals surface area contributed by atoms with E-state index in [-0.39, 0.29) is 0 Å². The monoisotopic (exact) mass is 503 g/mol. The highest BCUT2D eigenvalue weighted by molar-refractivity contribution is 6.02. The second kappa shape index (κ2) is 11.4. The van der Waals surface area contributed by atoms with Gasteiger partial charge in [-0.3, -0.25) is 5.43 Å². The minimum Gasteiger partial charge on any atom is -0.404 e. The highest BCUT2D eigenvalue weighted by Crippen LogP contribution is 2.41. The van der Waals surface area contributed by atoms with Crippen molar-refractivity contribution >= 4 is 17.9 Å². The maximum absolute atomic E-state index is 5.94. The van der Waals surface area contributed by atoms with Crippen molar-refractivity contribution in [3.63, 3.8) is 0 Å². The van der Waals surface area contributed by atoms with Gasteiger partial charge in [-0.05, 0) is 86.6 Å². The van der Waals surface area contributed by atoms with E-state index >= 15 is 0 Å². The Morgan fingerprint density at radius 1 is 1.16 bits per heavy atom. The first-order valence-electron chi connectivity index (χ1n) is 13.5. The van der Waals surface area contributed by atoms with E-state index in [9.17, 15) is 0 Å². The van der Waals surface area contributed by atoms with Crippen molar-refractivity contribution < 1.29 is 0 Å². The first-order valence-corrected chi connectivity index (χ1v) is 13.5. The van der Waals surface area contributed by atoms with Crippen LogP contribution in [0.5, 0.6) is 0 Å². The molecule has 1 aromatic carbocycles. The summed E-state index contributed by atoms with van der Waals surface area (Å²) in [5.41, 5.74) is 26.3. The van der Waals surface area contributed by atoms with Crippen LogP contribution in [-0.2, 0) is 12.8 Å². The zero-order valence-electron chi connectivity index (χ0n) is 22.2. The predicted octanol–water partition coefficient (Wildman–Crippen LogP) is 6.43. The van der Waals surface area contributed by atoms with Gasteiger partial charge in [0.2, 0.25) is 0 Å². The number of hydrazone groups is 1. The van der Waals surface area contributed by atoms with Crippen LogP contribution in [0.1, 0.15) is 60.7 Å². The Hall–Kier alpha value is -4.25. The van der Waals surface area contributed by atoms with Gasteiger partial charge in [-0.2, -0.15) is 5.10 Å². The number of aromatic nitrogens is 1. The van der Waals surface area contributed by atoms with Crippen molar-refractivity contribution in [2.75, 3.05) is 0 Å². The Labute approximate surface area is 226 Å². The zero-order chi connectivity index (χ0) is 26.5. The van der Waals surface area contributed by atoms with Crippen LogP contribution in [-0.4, -0.2) is 10.3 Å². The fourth-order valence-corrected chi connectivity index (χ4v) is 5.72. The van der Waals surface area contributed by atoms with E-state index in [4.69, 9.17) is 16.6 Å². The van der Waals surface area contributed by atoms with Gasteiger partial charge < -0.3 is 16.0 Å². The highest BCUT2D eigenvalue weighted by atomic mass is 15.3. The van der Waals surface area contributed by atoms with Crippen molar-refractivity contribution in [2.45, 2.75) is 45.4 Å². The number of allylic oxidation sites excluding steroid dienone is 8. The Bertz CT molecular complexity index is 1440. The van der Waals surface area contributed by atoms with E-state index < -0.39 is 0 Å². The zero-order valence-corrected chi connectivity index (χ0v) is 22.2. The molecule has 0 saturated heterocycles. The minimum atomic E-state index is 0.467. The predicted molar refractivity (Wildman–Crippen MR) is 161 cm³/mol. The maximum atomic E-state index is 5.94. The van der Waals surface area contributed by atoms with Crippen molar-refractivity contribution in [3.8, 4) is 5.69 Å². The number of nitrogens with one attached hydrogen (secondary N) is 1. The minimum absolute atomic E-state index is 0.467. The summed E-state index contributed by atoms with van der Waals surface area (Å²) in [4.78, 5) is 0. The maximum Gasteiger partial charge on any atom is 0.0724 e. The number of fused-ring (bicyclic) bond motifs is 4. The first kappa shape index (κ1) is 25.4. The number of hydrogen-bond donors (Lipinski definition) is 3. The molecule has 0 saturated carbocycles. The molecule has 0 spiro atoms.